The van der Waals surface area contributed by atoms with Gasteiger partial charge in [0, 0.05) is 12.0 Å². The van der Waals surface area contributed by atoms with Crippen molar-refractivity contribution in [3.05, 3.63) is 71.0 Å². The van der Waals surface area contributed by atoms with Crippen molar-refractivity contribution >= 4 is 17.6 Å². The first kappa shape index (κ1) is 23.1. The maximum absolute atomic E-state index is 14.7. The van der Waals surface area contributed by atoms with Crippen LogP contribution in [0.25, 0.3) is 0 Å². The zero-order valence-corrected chi connectivity index (χ0v) is 19.2. The van der Waals surface area contributed by atoms with Crippen molar-refractivity contribution in [3.63, 3.8) is 0 Å². The van der Waals surface area contributed by atoms with Crippen molar-refractivity contribution < 1.29 is 18.7 Å². The molecule has 2 aromatic rings. The quantitative estimate of drug-likeness (QED) is 0.621. The van der Waals surface area contributed by atoms with E-state index in [4.69, 9.17) is 4.74 Å². The summed E-state index contributed by atoms with van der Waals surface area (Å²) in [5.74, 6) is -0.772. The molecule has 0 saturated carbocycles. The van der Waals surface area contributed by atoms with E-state index in [1.54, 1.807) is 25.1 Å². The first-order valence-electron chi connectivity index (χ1n) is 11.6. The summed E-state index contributed by atoms with van der Waals surface area (Å²) in [6, 6.07) is 14.1. The number of piperidine rings is 1. The standard InChI is InChI=1S/C26H30FN3O3/c1-3-33-26(32)20-12-14-29(15-13-20)17-25(31)30-24(21-6-4-5-7-22(21)27)16-23(28-30)19-10-8-18(2)9-11-19/h4-11,20,24H,3,12-17H2,1-2H3/t24-/m0/s1. The van der Waals surface area contributed by atoms with Crippen LogP contribution < -0.4 is 0 Å². The molecular weight excluding hydrogens is 421 g/mol. The second-order valence-corrected chi connectivity index (χ2v) is 8.69. The van der Waals surface area contributed by atoms with Crippen LogP contribution in [0.2, 0.25) is 0 Å². The molecule has 174 valence electrons. The summed E-state index contributed by atoms with van der Waals surface area (Å²) >= 11 is 0. The fourth-order valence-electron chi connectivity index (χ4n) is 4.50. The largest absolute Gasteiger partial charge is 0.466 e. The lowest BCUT2D eigenvalue weighted by atomic mass is 9.96. The van der Waals surface area contributed by atoms with Crippen LogP contribution in [0.15, 0.2) is 53.6 Å². The number of aryl methyl sites for hydroxylation is 1. The highest BCUT2D eigenvalue weighted by molar-refractivity contribution is 6.03. The van der Waals surface area contributed by atoms with Crippen molar-refractivity contribution in [3.8, 4) is 0 Å². The number of carbonyl (C=O) groups excluding carboxylic acids is 2. The number of ether oxygens (including phenoxy) is 1. The van der Waals surface area contributed by atoms with Crippen LogP contribution in [0.1, 0.15) is 48.9 Å². The molecule has 6 nitrogen and oxygen atoms in total. The van der Waals surface area contributed by atoms with Gasteiger partial charge in [0.05, 0.1) is 30.8 Å². The fraction of sp³-hybridized carbons (Fsp3) is 0.423. The summed E-state index contributed by atoms with van der Waals surface area (Å²) in [6.45, 7) is 5.67. The van der Waals surface area contributed by atoms with E-state index in [2.05, 4.69) is 5.10 Å². The van der Waals surface area contributed by atoms with Crippen LogP contribution in [0.4, 0.5) is 4.39 Å². The second kappa shape index (κ2) is 10.3. The molecule has 0 bridgehead atoms. The van der Waals surface area contributed by atoms with Gasteiger partial charge in [0.2, 0.25) is 0 Å². The summed E-state index contributed by atoms with van der Waals surface area (Å²) in [5, 5.41) is 6.10. The third-order valence-electron chi connectivity index (χ3n) is 6.38. The number of hydrogen-bond acceptors (Lipinski definition) is 5. The van der Waals surface area contributed by atoms with Gasteiger partial charge in [0.15, 0.2) is 0 Å². The monoisotopic (exact) mass is 451 g/mol. The minimum atomic E-state index is -0.480. The third-order valence-corrected chi connectivity index (χ3v) is 6.38. The highest BCUT2D eigenvalue weighted by Gasteiger charge is 2.36. The molecule has 33 heavy (non-hydrogen) atoms. The summed E-state index contributed by atoms with van der Waals surface area (Å²) in [5.41, 5.74) is 3.32. The van der Waals surface area contributed by atoms with Crippen LogP contribution >= 0.6 is 0 Å². The number of halogens is 1. The molecule has 0 unspecified atom stereocenters. The van der Waals surface area contributed by atoms with E-state index < -0.39 is 6.04 Å². The molecule has 0 N–H and O–H groups in total. The van der Waals surface area contributed by atoms with Crippen LogP contribution in [0, 0.1) is 18.7 Å². The van der Waals surface area contributed by atoms with Gasteiger partial charge in [-0.2, -0.15) is 5.10 Å². The number of esters is 1. The smallest absolute Gasteiger partial charge is 0.309 e. The SMILES string of the molecule is CCOC(=O)C1CCN(CC(=O)N2N=C(c3ccc(C)cc3)C[C@H]2c2ccccc2F)CC1. The first-order valence-corrected chi connectivity index (χ1v) is 11.6. The maximum Gasteiger partial charge on any atom is 0.309 e. The number of amides is 1. The highest BCUT2D eigenvalue weighted by atomic mass is 19.1. The molecule has 1 amide bonds. The van der Waals surface area contributed by atoms with Crippen molar-refractivity contribution in [1.82, 2.24) is 9.91 Å². The van der Waals surface area contributed by atoms with Gasteiger partial charge in [0.25, 0.3) is 5.91 Å². The lowest BCUT2D eigenvalue weighted by Crippen LogP contribution is -2.43. The predicted molar refractivity (Wildman–Crippen MR) is 124 cm³/mol. The van der Waals surface area contributed by atoms with Crippen molar-refractivity contribution in [2.45, 2.75) is 39.2 Å². The molecular formula is C26H30FN3O3. The molecule has 0 aromatic heterocycles. The van der Waals surface area contributed by atoms with E-state index in [0.29, 0.717) is 44.5 Å². The molecule has 2 aromatic carbocycles. The average Bonchev–Trinajstić information content (AvgIpc) is 3.26. The highest BCUT2D eigenvalue weighted by Crippen LogP contribution is 2.34. The number of hydrazone groups is 1. The molecule has 0 radical (unpaired) electrons. The molecule has 1 atom stereocenters. The van der Waals surface area contributed by atoms with Crippen LogP contribution in [0.5, 0.6) is 0 Å². The van der Waals surface area contributed by atoms with Gasteiger partial charge in [-0.25, -0.2) is 9.40 Å². The third kappa shape index (κ3) is 5.30. The van der Waals surface area contributed by atoms with Crippen LogP contribution in [-0.2, 0) is 14.3 Å². The van der Waals surface area contributed by atoms with Gasteiger partial charge in [-0.15, -0.1) is 0 Å². The molecule has 1 saturated heterocycles. The Balaban J connectivity index is 1.49. The normalized spacial score (nSPS) is 19.4. The van der Waals surface area contributed by atoms with Crippen LogP contribution in [0.3, 0.4) is 0 Å². The van der Waals surface area contributed by atoms with Gasteiger partial charge in [0.1, 0.15) is 5.82 Å². The molecule has 1 fully saturated rings. The summed E-state index contributed by atoms with van der Waals surface area (Å²) in [6.07, 6.45) is 1.79. The van der Waals surface area contributed by atoms with E-state index >= 15 is 0 Å². The molecule has 2 aliphatic rings. The van der Waals surface area contributed by atoms with Gasteiger partial charge < -0.3 is 4.74 Å². The van der Waals surface area contributed by atoms with Gasteiger partial charge in [-0.3, -0.25) is 14.5 Å². The molecule has 4 rings (SSSR count). The Morgan fingerprint density at radius 2 is 1.79 bits per heavy atom. The lowest BCUT2D eigenvalue weighted by Gasteiger charge is -2.32. The zero-order chi connectivity index (χ0) is 23.4. The van der Waals surface area contributed by atoms with Gasteiger partial charge in [-0.1, -0.05) is 48.0 Å². The van der Waals surface area contributed by atoms with E-state index in [0.717, 1.165) is 16.8 Å². The minimum absolute atomic E-state index is 0.111. The molecule has 2 heterocycles. The lowest BCUT2D eigenvalue weighted by molar-refractivity contribution is -0.149. The minimum Gasteiger partial charge on any atom is -0.466 e. The molecule has 0 aliphatic carbocycles. The van der Waals surface area contributed by atoms with Crippen LogP contribution in [-0.4, -0.2) is 53.7 Å². The number of nitrogens with zero attached hydrogens (tertiary/aromatic N) is 3. The second-order valence-electron chi connectivity index (χ2n) is 8.69. The Hall–Kier alpha value is -3.06. The number of hydrogen-bond donors (Lipinski definition) is 0. The Kier molecular flexibility index (Phi) is 7.18. The number of rotatable bonds is 6. The summed E-state index contributed by atoms with van der Waals surface area (Å²) < 4.78 is 19.8. The average molecular weight is 452 g/mol. The number of benzene rings is 2. The molecule has 7 heteroatoms. The topological polar surface area (TPSA) is 62.2 Å². The van der Waals surface area contributed by atoms with Gasteiger partial charge in [-0.05, 0) is 51.4 Å². The van der Waals surface area contributed by atoms with Crippen molar-refractivity contribution in [1.29, 1.82) is 0 Å². The molecule has 2 aliphatic heterocycles. The summed E-state index contributed by atoms with van der Waals surface area (Å²) in [4.78, 5) is 27.3. The Morgan fingerprint density at radius 1 is 1.09 bits per heavy atom. The van der Waals surface area contributed by atoms with E-state index in [1.807, 2.05) is 36.1 Å². The Labute approximate surface area is 194 Å². The maximum atomic E-state index is 14.7. The van der Waals surface area contributed by atoms with E-state index in [1.165, 1.54) is 11.1 Å². The van der Waals surface area contributed by atoms with E-state index in [9.17, 15) is 14.0 Å². The Morgan fingerprint density at radius 3 is 2.45 bits per heavy atom. The van der Waals surface area contributed by atoms with Crippen molar-refractivity contribution in [2.24, 2.45) is 11.0 Å². The predicted octanol–water partition coefficient (Wildman–Crippen LogP) is 4.09. The van der Waals surface area contributed by atoms with Crippen molar-refractivity contribution in [2.75, 3.05) is 26.2 Å². The first-order chi connectivity index (χ1) is 16.0. The van der Waals surface area contributed by atoms with Gasteiger partial charge >= 0.3 is 5.97 Å². The Bertz CT molecular complexity index is 1030. The number of likely N-dealkylation sites (tertiary alicyclic amines) is 1. The zero-order valence-electron chi connectivity index (χ0n) is 19.2. The number of carbonyl (C=O) groups is 2. The fourth-order valence-corrected chi connectivity index (χ4v) is 4.50. The summed E-state index contributed by atoms with van der Waals surface area (Å²) in [7, 11) is 0. The molecule has 0 spiro atoms. The van der Waals surface area contributed by atoms with E-state index in [-0.39, 0.29) is 30.2 Å².